The van der Waals surface area contributed by atoms with Crippen LogP contribution in [0.1, 0.15) is 49.3 Å². The Balaban J connectivity index is 0.00000312. The number of rotatable bonds is 9. The molecule has 1 aromatic rings. The van der Waals surface area contributed by atoms with Crippen LogP contribution in [0.15, 0.2) is 17.1 Å². The van der Waals surface area contributed by atoms with Crippen LogP contribution in [0.3, 0.4) is 0 Å². The second-order valence-corrected chi connectivity index (χ2v) is 8.15. The van der Waals surface area contributed by atoms with Gasteiger partial charge in [0.25, 0.3) is 0 Å². The fraction of sp³-hybridized carbons (Fsp3) is 0.737. The number of aryl methyl sites for hydroxylation is 1. The molecule has 0 radical (unpaired) electrons. The van der Waals surface area contributed by atoms with Gasteiger partial charge in [0.2, 0.25) is 0 Å². The Morgan fingerprint density at radius 1 is 1.28 bits per heavy atom. The number of hydrogen-bond donors (Lipinski definition) is 2. The summed E-state index contributed by atoms with van der Waals surface area (Å²) in [7, 11) is 0. The third kappa shape index (κ3) is 9.24. The molecule has 1 atom stereocenters. The lowest BCUT2D eigenvalue weighted by molar-refractivity contribution is 0.331. The lowest BCUT2D eigenvalue weighted by Crippen LogP contribution is -2.43. The minimum absolute atomic E-state index is 0. The summed E-state index contributed by atoms with van der Waals surface area (Å²) in [5.41, 5.74) is 0. The standard InChI is InChI=1S/C19H34N4S.HI/c1-4-20-19(21-11-5-6-12-23-13-7-8-14-23)22-16(2)15-18-10-9-17(3)24-18;/h9-10,16H,4-8,11-15H2,1-3H3,(H2,20,21,22);1H. The predicted octanol–water partition coefficient (Wildman–Crippen LogP) is 4.04. The molecule has 1 unspecified atom stereocenters. The first-order valence-corrected chi connectivity index (χ1v) is 10.3. The molecule has 0 amide bonds. The van der Waals surface area contributed by atoms with E-state index >= 15 is 0 Å². The zero-order chi connectivity index (χ0) is 17.2. The monoisotopic (exact) mass is 478 g/mol. The highest BCUT2D eigenvalue weighted by molar-refractivity contribution is 14.0. The van der Waals surface area contributed by atoms with Crippen molar-refractivity contribution in [1.82, 2.24) is 15.5 Å². The summed E-state index contributed by atoms with van der Waals surface area (Å²) in [6.07, 6.45) is 6.25. The maximum atomic E-state index is 4.74. The molecule has 0 spiro atoms. The SMILES string of the molecule is CCNC(=NCCCCN1CCCC1)NC(C)Cc1ccc(C)s1.I. The number of nitrogens with zero attached hydrogens (tertiary/aromatic N) is 2. The van der Waals surface area contributed by atoms with Crippen molar-refractivity contribution in [1.29, 1.82) is 0 Å². The van der Waals surface area contributed by atoms with Crippen LogP contribution < -0.4 is 10.6 Å². The Hall–Kier alpha value is -0.340. The third-order valence-corrected chi connectivity index (χ3v) is 5.40. The zero-order valence-corrected chi connectivity index (χ0v) is 19.2. The van der Waals surface area contributed by atoms with Gasteiger partial charge in [-0.05, 0) is 78.2 Å². The highest BCUT2D eigenvalue weighted by atomic mass is 127. The van der Waals surface area contributed by atoms with E-state index in [4.69, 9.17) is 4.99 Å². The van der Waals surface area contributed by atoms with Gasteiger partial charge in [0, 0.05) is 35.3 Å². The molecule has 0 aliphatic carbocycles. The molecule has 0 aromatic carbocycles. The lowest BCUT2D eigenvalue weighted by atomic mass is 10.2. The number of hydrogen-bond acceptors (Lipinski definition) is 3. The van der Waals surface area contributed by atoms with Gasteiger partial charge < -0.3 is 15.5 Å². The van der Waals surface area contributed by atoms with Crippen molar-refractivity contribution in [3.63, 3.8) is 0 Å². The van der Waals surface area contributed by atoms with E-state index in [2.05, 4.69) is 48.4 Å². The first-order valence-electron chi connectivity index (χ1n) is 9.50. The van der Waals surface area contributed by atoms with Crippen molar-refractivity contribution in [3.8, 4) is 0 Å². The summed E-state index contributed by atoms with van der Waals surface area (Å²) in [4.78, 5) is 10.1. The predicted molar refractivity (Wildman–Crippen MR) is 122 cm³/mol. The maximum Gasteiger partial charge on any atom is 0.191 e. The molecule has 1 aliphatic rings. The van der Waals surface area contributed by atoms with E-state index < -0.39 is 0 Å². The average Bonchev–Trinajstić information content (AvgIpc) is 3.19. The van der Waals surface area contributed by atoms with Crippen LogP contribution in [0.4, 0.5) is 0 Å². The molecule has 1 fully saturated rings. The van der Waals surface area contributed by atoms with Crippen molar-refractivity contribution >= 4 is 41.3 Å². The van der Waals surface area contributed by atoms with Crippen LogP contribution in [0.2, 0.25) is 0 Å². The zero-order valence-electron chi connectivity index (χ0n) is 16.0. The van der Waals surface area contributed by atoms with Gasteiger partial charge in [0.1, 0.15) is 0 Å². The Labute approximate surface area is 174 Å². The average molecular weight is 478 g/mol. The summed E-state index contributed by atoms with van der Waals surface area (Å²) < 4.78 is 0. The summed E-state index contributed by atoms with van der Waals surface area (Å²) in [6.45, 7) is 12.2. The fourth-order valence-corrected chi connectivity index (χ4v) is 4.16. The quantitative estimate of drug-likeness (QED) is 0.244. The van der Waals surface area contributed by atoms with E-state index in [-0.39, 0.29) is 24.0 Å². The number of halogens is 1. The molecule has 1 aliphatic heterocycles. The van der Waals surface area contributed by atoms with E-state index in [1.165, 1.54) is 55.1 Å². The van der Waals surface area contributed by atoms with Crippen LogP contribution in [0.25, 0.3) is 0 Å². The van der Waals surface area contributed by atoms with Gasteiger partial charge in [0.05, 0.1) is 0 Å². The van der Waals surface area contributed by atoms with Crippen molar-refractivity contribution in [2.45, 2.75) is 58.9 Å². The van der Waals surface area contributed by atoms with E-state index in [9.17, 15) is 0 Å². The summed E-state index contributed by atoms with van der Waals surface area (Å²) in [5, 5.41) is 6.91. The molecule has 1 saturated heterocycles. The fourth-order valence-electron chi connectivity index (χ4n) is 3.15. The molecule has 2 N–H and O–H groups in total. The van der Waals surface area contributed by atoms with Crippen molar-refractivity contribution < 1.29 is 0 Å². The smallest absolute Gasteiger partial charge is 0.191 e. The van der Waals surface area contributed by atoms with Crippen LogP contribution >= 0.6 is 35.3 Å². The highest BCUT2D eigenvalue weighted by Crippen LogP contribution is 2.16. The Bertz CT molecular complexity index is 497. The van der Waals surface area contributed by atoms with E-state index in [1.807, 2.05) is 11.3 Å². The van der Waals surface area contributed by atoms with Crippen LogP contribution in [0.5, 0.6) is 0 Å². The minimum atomic E-state index is 0. The van der Waals surface area contributed by atoms with Crippen LogP contribution in [-0.2, 0) is 6.42 Å². The molecule has 144 valence electrons. The van der Waals surface area contributed by atoms with Gasteiger partial charge in [-0.2, -0.15) is 0 Å². The van der Waals surface area contributed by atoms with Crippen molar-refractivity contribution in [3.05, 3.63) is 21.9 Å². The topological polar surface area (TPSA) is 39.7 Å². The van der Waals surface area contributed by atoms with Gasteiger partial charge in [0.15, 0.2) is 5.96 Å². The molecule has 25 heavy (non-hydrogen) atoms. The minimum Gasteiger partial charge on any atom is -0.357 e. The Kier molecular flexibility index (Phi) is 11.7. The van der Waals surface area contributed by atoms with Gasteiger partial charge in [-0.3, -0.25) is 4.99 Å². The number of likely N-dealkylation sites (tertiary alicyclic amines) is 1. The largest absolute Gasteiger partial charge is 0.357 e. The van der Waals surface area contributed by atoms with E-state index in [0.29, 0.717) is 6.04 Å². The van der Waals surface area contributed by atoms with Gasteiger partial charge in [-0.25, -0.2) is 0 Å². The van der Waals surface area contributed by atoms with Crippen LogP contribution in [0, 0.1) is 6.92 Å². The second-order valence-electron chi connectivity index (χ2n) is 6.78. The second kappa shape index (κ2) is 12.9. The maximum absolute atomic E-state index is 4.74. The number of aliphatic imine (C=N–C) groups is 1. The summed E-state index contributed by atoms with van der Waals surface area (Å²) in [5.74, 6) is 0.958. The van der Waals surface area contributed by atoms with Crippen molar-refractivity contribution in [2.24, 2.45) is 4.99 Å². The van der Waals surface area contributed by atoms with E-state index in [0.717, 1.165) is 25.5 Å². The lowest BCUT2D eigenvalue weighted by Gasteiger charge is -2.17. The first kappa shape index (κ1) is 22.7. The summed E-state index contributed by atoms with van der Waals surface area (Å²) in [6, 6.07) is 4.83. The molecule has 6 heteroatoms. The normalized spacial score (nSPS) is 16.5. The molecule has 1 aromatic heterocycles. The van der Waals surface area contributed by atoms with E-state index in [1.54, 1.807) is 0 Å². The van der Waals surface area contributed by atoms with Crippen molar-refractivity contribution in [2.75, 3.05) is 32.7 Å². The molecule has 4 nitrogen and oxygen atoms in total. The number of unbranched alkanes of at least 4 members (excludes halogenated alkanes) is 1. The van der Waals surface area contributed by atoms with Gasteiger partial charge >= 0.3 is 0 Å². The molecule has 2 heterocycles. The number of nitrogens with one attached hydrogen (secondary N) is 2. The Morgan fingerprint density at radius 3 is 2.68 bits per heavy atom. The third-order valence-electron chi connectivity index (χ3n) is 4.38. The highest BCUT2D eigenvalue weighted by Gasteiger charge is 2.10. The van der Waals surface area contributed by atoms with Crippen LogP contribution in [-0.4, -0.2) is 49.6 Å². The summed E-state index contributed by atoms with van der Waals surface area (Å²) >= 11 is 1.89. The molecular weight excluding hydrogens is 443 g/mol. The molecule has 0 bridgehead atoms. The molecular formula is C19H35IN4S. The molecule has 2 rings (SSSR count). The first-order chi connectivity index (χ1) is 11.7. The van der Waals surface area contributed by atoms with Gasteiger partial charge in [-0.15, -0.1) is 35.3 Å². The number of guanidine groups is 1. The Morgan fingerprint density at radius 2 is 2.04 bits per heavy atom. The number of thiophene rings is 1. The molecule has 0 saturated carbocycles. The van der Waals surface area contributed by atoms with Gasteiger partial charge in [-0.1, -0.05) is 0 Å².